The average molecular weight is 525 g/mol. The van der Waals surface area contributed by atoms with Gasteiger partial charge in [0.25, 0.3) is 0 Å². The fraction of sp³-hybridized carbons (Fsp3) is 0.565. The lowest BCUT2D eigenvalue weighted by Gasteiger charge is -2.30. The van der Waals surface area contributed by atoms with Crippen molar-refractivity contribution in [2.75, 3.05) is 32.7 Å². The Balaban J connectivity index is 0.00000320. The average Bonchev–Trinajstić information content (AvgIpc) is 3.05. The van der Waals surface area contributed by atoms with Crippen LogP contribution in [0.4, 0.5) is 0 Å². The van der Waals surface area contributed by atoms with E-state index in [0.29, 0.717) is 5.92 Å². The lowest BCUT2D eigenvalue weighted by molar-refractivity contribution is 0.166. The molecule has 0 unspecified atom stereocenters. The smallest absolute Gasteiger partial charge is 0.208 e. The molecule has 7 heteroatoms. The quantitative estimate of drug-likeness (QED) is 0.311. The third kappa shape index (κ3) is 7.91. The molecule has 0 saturated carbocycles. The summed E-state index contributed by atoms with van der Waals surface area (Å²) in [7, 11) is 0. The number of nitrogens with one attached hydrogen (secondary N) is 2. The van der Waals surface area contributed by atoms with Crippen LogP contribution in [0.15, 0.2) is 39.7 Å². The molecular weight excluding hydrogens is 489 g/mol. The summed E-state index contributed by atoms with van der Waals surface area (Å²) >= 11 is 0. The van der Waals surface area contributed by atoms with Gasteiger partial charge < -0.3 is 15.1 Å². The molecule has 1 fully saturated rings. The molecule has 1 aliphatic rings. The maximum atomic E-state index is 5.73. The van der Waals surface area contributed by atoms with E-state index in [0.717, 1.165) is 69.0 Å². The summed E-state index contributed by atoms with van der Waals surface area (Å²) < 4.78 is 5.73. The van der Waals surface area contributed by atoms with Crippen molar-refractivity contribution in [1.82, 2.24) is 20.5 Å². The lowest BCUT2D eigenvalue weighted by Crippen LogP contribution is -2.39. The van der Waals surface area contributed by atoms with Gasteiger partial charge in [0, 0.05) is 19.6 Å². The second-order valence-electron chi connectivity index (χ2n) is 7.85. The molecule has 0 atom stereocenters. The first kappa shape index (κ1) is 24.7. The van der Waals surface area contributed by atoms with Gasteiger partial charge >= 0.3 is 0 Å². The minimum atomic E-state index is 0. The number of aryl methyl sites for hydroxylation is 2. The van der Waals surface area contributed by atoms with Crippen LogP contribution in [0.1, 0.15) is 42.7 Å². The second-order valence-corrected chi connectivity index (χ2v) is 7.85. The van der Waals surface area contributed by atoms with E-state index in [2.05, 4.69) is 57.8 Å². The third-order valence-electron chi connectivity index (χ3n) is 5.54. The van der Waals surface area contributed by atoms with Gasteiger partial charge in [-0.1, -0.05) is 30.3 Å². The summed E-state index contributed by atoms with van der Waals surface area (Å²) in [4.78, 5) is 11.8. The predicted molar refractivity (Wildman–Crippen MR) is 134 cm³/mol. The molecule has 1 saturated heterocycles. The van der Waals surface area contributed by atoms with E-state index in [-0.39, 0.29) is 24.0 Å². The molecule has 0 amide bonds. The standard InChI is InChI=1S/C23H35N5O.HI/c1-4-24-23(25-13-10-20-8-6-5-7-9-20)26-16-21-11-14-28(15-12-21)17-22-27-18(2)19(3)29-22;/h5-9,21H,4,10-17H2,1-3H3,(H2,24,25,26);1H. The highest BCUT2D eigenvalue weighted by molar-refractivity contribution is 14.0. The van der Waals surface area contributed by atoms with Crippen molar-refractivity contribution in [1.29, 1.82) is 0 Å². The van der Waals surface area contributed by atoms with Gasteiger partial charge in [-0.05, 0) is 64.6 Å². The summed E-state index contributed by atoms with van der Waals surface area (Å²) in [6, 6.07) is 10.6. The Hall–Kier alpha value is -1.61. The molecule has 1 aromatic heterocycles. The van der Waals surface area contributed by atoms with Gasteiger partial charge in [0.05, 0.1) is 12.2 Å². The molecule has 166 valence electrons. The first-order valence-electron chi connectivity index (χ1n) is 10.9. The zero-order valence-corrected chi connectivity index (χ0v) is 20.8. The minimum Gasteiger partial charge on any atom is -0.444 e. The van der Waals surface area contributed by atoms with Crippen molar-refractivity contribution < 1.29 is 4.42 Å². The van der Waals surface area contributed by atoms with Crippen molar-refractivity contribution in [3.8, 4) is 0 Å². The minimum absolute atomic E-state index is 0. The Labute approximate surface area is 198 Å². The fourth-order valence-corrected chi connectivity index (χ4v) is 3.66. The van der Waals surface area contributed by atoms with Gasteiger partial charge in [-0.3, -0.25) is 9.89 Å². The normalized spacial score (nSPS) is 15.6. The van der Waals surface area contributed by atoms with E-state index in [1.807, 2.05) is 13.8 Å². The van der Waals surface area contributed by atoms with Gasteiger partial charge in [0.1, 0.15) is 5.76 Å². The zero-order valence-electron chi connectivity index (χ0n) is 18.5. The van der Waals surface area contributed by atoms with Crippen molar-refractivity contribution in [3.05, 3.63) is 53.2 Å². The number of rotatable bonds is 8. The van der Waals surface area contributed by atoms with E-state index < -0.39 is 0 Å². The van der Waals surface area contributed by atoms with E-state index >= 15 is 0 Å². The number of aliphatic imine (C=N–C) groups is 1. The maximum absolute atomic E-state index is 5.73. The molecule has 2 aromatic rings. The second kappa shape index (κ2) is 12.9. The monoisotopic (exact) mass is 525 g/mol. The van der Waals surface area contributed by atoms with Crippen LogP contribution in [0.25, 0.3) is 0 Å². The van der Waals surface area contributed by atoms with Crippen LogP contribution in [0.2, 0.25) is 0 Å². The predicted octanol–water partition coefficient (Wildman–Crippen LogP) is 3.92. The SMILES string of the molecule is CCNC(=NCC1CCN(Cc2nc(C)c(C)o2)CC1)NCCc1ccccc1.I. The number of hydrogen-bond donors (Lipinski definition) is 2. The highest BCUT2D eigenvalue weighted by atomic mass is 127. The molecule has 6 nitrogen and oxygen atoms in total. The van der Waals surface area contributed by atoms with Gasteiger partial charge in [-0.25, -0.2) is 4.98 Å². The van der Waals surface area contributed by atoms with Gasteiger partial charge in [-0.2, -0.15) is 0 Å². The largest absolute Gasteiger partial charge is 0.444 e. The third-order valence-corrected chi connectivity index (χ3v) is 5.54. The van der Waals surface area contributed by atoms with E-state index in [4.69, 9.17) is 9.41 Å². The van der Waals surface area contributed by atoms with Crippen LogP contribution in [-0.2, 0) is 13.0 Å². The zero-order chi connectivity index (χ0) is 20.5. The first-order valence-corrected chi connectivity index (χ1v) is 10.9. The molecule has 2 heterocycles. The number of halogens is 1. The Kier molecular flexibility index (Phi) is 10.6. The van der Waals surface area contributed by atoms with Crippen molar-refractivity contribution in [2.24, 2.45) is 10.9 Å². The number of oxazole rings is 1. The molecule has 0 spiro atoms. The van der Waals surface area contributed by atoms with Crippen molar-refractivity contribution >= 4 is 29.9 Å². The van der Waals surface area contributed by atoms with Crippen LogP contribution >= 0.6 is 24.0 Å². The lowest BCUT2D eigenvalue weighted by atomic mass is 9.97. The summed E-state index contributed by atoms with van der Waals surface area (Å²) in [5.74, 6) is 3.34. The van der Waals surface area contributed by atoms with Crippen LogP contribution in [0.5, 0.6) is 0 Å². The number of nitrogens with zero attached hydrogens (tertiary/aromatic N) is 3. The number of guanidine groups is 1. The summed E-state index contributed by atoms with van der Waals surface area (Å²) in [5, 5.41) is 6.83. The van der Waals surface area contributed by atoms with E-state index in [1.165, 1.54) is 18.4 Å². The number of aromatic nitrogens is 1. The molecule has 1 aliphatic heterocycles. The molecule has 0 bridgehead atoms. The summed E-state index contributed by atoms with van der Waals surface area (Å²) in [5.41, 5.74) is 2.35. The van der Waals surface area contributed by atoms with Crippen molar-refractivity contribution in [3.63, 3.8) is 0 Å². The number of likely N-dealkylation sites (tertiary alicyclic amines) is 1. The highest BCUT2D eigenvalue weighted by Gasteiger charge is 2.20. The topological polar surface area (TPSA) is 65.7 Å². The molecule has 30 heavy (non-hydrogen) atoms. The van der Waals surface area contributed by atoms with Crippen LogP contribution in [0.3, 0.4) is 0 Å². The molecule has 1 aromatic carbocycles. The van der Waals surface area contributed by atoms with Crippen LogP contribution < -0.4 is 10.6 Å². The Morgan fingerprint density at radius 1 is 1.17 bits per heavy atom. The summed E-state index contributed by atoms with van der Waals surface area (Å²) in [6.07, 6.45) is 3.35. The Bertz CT molecular complexity index is 750. The van der Waals surface area contributed by atoms with Crippen LogP contribution in [-0.4, -0.2) is 48.6 Å². The number of piperidine rings is 1. The molecule has 0 radical (unpaired) electrons. The molecule has 0 aliphatic carbocycles. The van der Waals surface area contributed by atoms with Gasteiger partial charge in [0.2, 0.25) is 5.89 Å². The van der Waals surface area contributed by atoms with E-state index in [9.17, 15) is 0 Å². The highest BCUT2D eigenvalue weighted by Crippen LogP contribution is 2.20. The Morgan fingerprint density at radius 3 is 2.53 bits per heavy atom. The molecule has 2 N–H and O–H groups in total. The van der Waals surface area contributed by atoms with E-state index in [1.54, 1.807) is 0 Å². The van der Waals surface area contributed by atoms with Crippen molar-refractivity contribution in [2.45, 2.75) is 46.6 Å². The Morgan fingerprint density at radius 2 is 1.90 bits per heavy atom. The van der Waals surface area contributed by atoms with Gasteiger partial charge in [-0.15, -0.1) is 24.0 Å². The van der Waals surface area contributed by atoms with Gasteiger partial charge in [0.15, 0.2) is 5.96 Å². The maximum Gasteiger partial charge on any atom is 0.208 e. The molecular formula is C23H36IN5O. The van der Waals surface area contributed by atoms with Crippen LogP contribution in [0, 0.1) is 19.8 Å². The fourth-order valence-electron chi connectivity index (χ4n) is 3.66. The molecule has 3 rings (SSSR count). The number of hydrogen-bond acceptors (Lipinski definition) is 4. The first-order chi connectivity index (χ1) is 14.1. The number of benzene rings is 1. The summed E-state index contributed by atoms with van der Waals surface area (Å²) in [6.45, 7) is 11.7.